The molecule has 1 atom stereocenters. The lowest BCUT2D eigenvalue weighted by Crippen LogP contribution is -2.35. The Morgan fingerprint density at radius 2 is 1.94 bits per heavy atom. The van der Waals surface area contributed by atoms with E-state index in [1.807, 2.05) is 25.6 Å². The van der Waals surface area contributed by atoms with Crippen LogP contribution in [-0.4, -0.2) is 36.3 Å². The normalized spacial score (nSPS) is 13.2. The van der Waals surface area contributed by atoms with E-state index in [4.69, 9.17) is 9.47 Å². The zero-order chi connectivity index (χ0) is 13.5. The summed E-state index contributed by atoms with van der Waals surface area (Å²) in [5.41, 5.74) is 1.05. The molecule has 0 saturated heterocycles. The first-order valence-electron chi connectivity index (χ1n) is 6.31. The summed E-state index contributed by atoms with van der Waals surface area (Å²) in [5.74, 6) is 0. The molecule has 0 bridgehead atoms. The van der Waals surface area contributed by atoms with Crippen molar-refractivity contribution >= 4 is 15.9 Å². The van der Waals surface area contributed by atoms with Gasteiger partial charge in [0.1, 0.15) is 6.04 Å². The lowest BCUT2D eigenvalue weighted by molar-refractivity contribution is -0.155. The molecule has 18 heavy (non-hydrogen) atoms. The van der Waals surface area contributed by atoms with Crippen LogP contribution >= 0.6 is 15.9 Å². The summed E-state index contributed by atoms with van der Waals surface area (Å²) >= 11 is 3.54. The maximum atomic E-state index is 5.67. The van der Waals surface area contributed by atoms with Gasteiger partial charge < -0.3 is 14.8 Å². The molecule has 1 unspecified atom stereocenters. The van der Waals surface area contributed by atoms with Crippen LogP contribution in [0.3, 0.4) is 0 Å². The van der Waals surface area contributed by atoms with Gasteiger partial charge in [-0.1, -0.05) is 0 Å². The number of rotatable bonds is 8. The second-order valence-electron chi connectivity index (χ2n) is 3.74. The van der Waals surface area contributed by atoms with Gasteiger partial charge in [-0.15, -0.1) is 0 Å². The second kappa shape index (κ2) is 7.89. The van der Waals surface area contributed by atoms with Crippen LogP contribution in [0.4, 0.5) is 0 Å². The number of halogens is 1. The molecule has 0 aliphatic rings. The number of aromatic nitrogens is 2. The molecule has 1 heterocycles. The molecule has 1 aromatic rings. The van der Waals surface area contributed by atoms with Crippen molar-refractivity contribution in [1.82, 2.24) is 15.1 Å². The van der Waals surface area contributed by atoms with Crippen LogP contribution in [0.2, 0.25) is 0 Å². The van der Waals surface area contributed by atoms with Crippen LogP contribution in [0.25, 0.3) is 0 Å². The Balaban J connectivity index is 3.01. The number of hydrogen-bond acceptors (Lipinski definition) is 4. The fourth-order valence-electron chi connectivity index (χ4n) is 1.90. The largest absolute Gasteiger partial charge is 0.351 e. The molecule has 1 aromatic heterocycles. The van der Waals surface area contributed by atoms with E-state index < -0.39 is 0 Å². The maximum Gasteiger partial charge on any atom is 0.178 e. The van der Waals surface area contributed by atoms with Crippen LogP contribution < -0.4 is 5.32 Å². The van der Waals surface area contributed by atoms with Crippen molar-refractivity contribution in [3.8, 4) is 0 Å². The van der Waals surface area contributed by atoms with Crippen molar-refractivity contribution in [1.29, 1.82) is 0 Å². The third-order valence-corrected chi connectivity index (χ3v) is 3.28. The van der Waals surface area contributed by atoms with Crippen LogP contribution in [0.5, 0.6) is 0 Å². The number of aryl methyl sites for hydroxylation is 1. The van der Waals surface area contributed by atoms with Crippen molar-refractivity contribution in [3.05, 3.63) is 16.4 Å². The number of likely N-dealkylation sites (N-methyl/N-ethyl adjacent to an activating group) is 1. The molecule has 0 amide bonds. The summed E-state index contributed by atoms with van der Waals surface area (Å²) in [6.45, 7) is 8.02. The molecule has 0 aliphatic carbocycles. The van der Waals surface area contributed by atoms with Gasteiger partial charge in [-0.2, -0.15) is 5.10 Å². The van der Waals surface area contributed by atoms with Crippen LogP contribution in [0.15, 0.2) is 10.7 Å². The molecule has 0 fully saturated rings. The van der Waals surface area contributed by atoms with Gasteiger partial charge in [-0.25, -0.2) is 0 Å². The number of nitrogens with one attached hydrogen (secondary N) is 1. The summed E-state index contributed by atoms with van der Waals surface area (Å²) in [5, 5.41) is 7.57. The van der Waals surface area contributed by atoms with Crippen molar-refractivity contribution in [2.75, 3.05) is 20.3 Å². The first kappa shape index (κ1) is 15.6. The van der Waals surface area contributed by atoms with Gasteiger partial charge in [-0.05, 0) is 43.7 Å². The van der Waals surface area contributed by atoms with Gasteiger partial charge in [0.15, 0.2) is 6.29 Å². The van der Waals surface area contributed by atoms with E-state index in [0.717, 1.165) is 16.7 Å². The Morgan fingerprint density at radius 1 is 1.33 bits per heavy atom. The molecule has 104 valence electrons. The van der Waals surface area contributed by atoms with Gasteiger partial charge in [0.2, 0.25) is 0 Å². The average molecular weight is 320 g/mol. The number of hydrogen-bond donors (Lipinski definition) is 1. The lowest BCUT2D eigenvalue weighted by Gasteiger charge is -2.27. The van der Waals surface area contributed by atoms with Crippen molar-refractivity contribution in [2.24, 2.45) is 0 Å². The summed E-state index contributed by atoms with van der Waals surface area (Å²) < 4.78 is 14.2. The van der Waals surface area contributed by atoms with Crippen molar-refractivity contribution in [2.45, 2.75) is 39.6 Å². The standard InChI is InChI=1S/C12H22BrN3O2/c1-5-16-11(9(13)8-15-16)10(14-4)12(17-6-2)18-7-3/h8,10,12,14H,5-7H2,1-4H3. The molecule has 0 radical (unpaired) electrons. The smallest absolute Gasteiger partial charge is 0.178 e. The van der Waals surface area contributed by atoms with Gasteiger partial charge in [0.25, 0.3) is 0 Å². The van der Waals surface area contributed by atoms with E-state index in [-0.39, 0.29) is 12.3 Å². The number of nitrogens with zero attached hydrogens (tertiary/aromatic N) is 2. The molecule has 6 heteroatoms. The van der Waals surface area contributed by atoms with Crippen molar-refractivity contribution < 1.29 is 9.47 Å². The summed E-state index contributed by atoms with van der Waals surface area (Å²) in [6.07, 6.45) is 1.49. The number of ether oxygens (including phenoxy) is 2. The zero-order valence-electron chi connectivity index (χ0n) is 11.4. The fourth-order valence-corrected chi connectivity index (χ4v) is 2.45. The van der Waals surface area contributed by atoms with E-state index in [1.54, 1.807) is 6.20 Å². The molecular formula is C12H22BrN3O2. The highest BCUT2D eigenvalue weighted by Gasteiger charge is 2.27. The highest BCUT2D eigenvalue weighted by Crippen LogP contribution is 2.27. The Hall–Kier alpha value is -0.430. The molecule has 0 aromatic carbocycles. The summed E-state index contributed by atoms with van der Waals surface area (Å²) in [7, 11) is 1.90. The van der Waals surface area contributed by atoms with Crippen molar-refractivity contribution in [3.63, 3.8) is 0 Å². The lowest BCUT2D eigenvalue weighted by atomic mass is 10.2. The zero-order valence-corrected chi connectivity index (χ0v) is 13.0. The average Bonchev–Trinajstić information content (AvgIpc) is 2.73. The minimum Gasteiger partial charge on any atom is -0.351 e. The molecule has 0 aliphatic heterocycles. The molecule has 5 nitrogen and oxygen atoms in total. The SMILES string of the molecule is CCOC(OCC)C(NC)c1c(Br)cnn1CC. The van der Waals surface area contributed by atoms with Crippen LogP contribution in [-0.2, 0) is 16.0 Å². The van der Waals surface area contributed by atoms with Gasteiger partial charge in [0.05, 0.1) is 16.4 Å². The second-order valence-corrected chi connectivity index (χ2v) is 4.59. The highest BCUT2D eigenvalue weighted by atomic mass is 79.9. The van der Waals surface area contributed by atoms with Gasteiger partial charge >= 0.3 is 0 Å². The quantitative estimate of drug-likeness (QED) is 0.747. The minimum atomic E-state index is -0.316. The predicted molar refractivity (Wildman–Crippen MR) is 74.4 cm³/mol. The van der Waals surface area contributed by atoms with E-state index >= 15 is 0 Å². The third kappa shape index (κ3) is 3.54. The monoisotopic (exact) mass is 319 g/mol. The predicted octanol–water partition coefficient (Wildman–Crippen LogP) is 2.33. The Bertz CT molecular complexity index is 351. The van der Waals surface area contributed by atoms with Crippen LogP contribution in [0.1, 0.15) is 32.5 Å². The van der Waals surface area contributed by atoms with Crippen LogP contribution in [0, 0.1) is 0 Å². The van der Waals surface area contributed by atoms with E-state index in [2.05, 4.69) is 33.3 Å². The topological polar surface area (TPSA) is 48.3 Å². The first-order chi connectivity index (χ1) is 8.69. The minimum absolute atomic E-state index is 0.0540. The summed E-state index contributed by atoms with van der Waals surface area (Å²) in [4.78, 5) is 0. The first-order valence-corrected chi connectivity index (χ1v) is 7.10. The van der Waals surface area contributed by atoms with Gasteiger partial charge in [0, 0.05) is 19.8 Å². The molecule has 0 spiro atoms. The van der Waals surface area contributed by atoms with E-state index in [9.17, 15) is 0 Å². The third-order valence-electron chi connectivity index (χ3n) is 2.67. The summed E-state index contributed by atoms with van der Waals surface area (Å²) in [6, 6.07) is -0.0540. The Kier molecular flexibility index (Phi) is 6.85. The van der Waals surface area contributed by atoms with E-state index in [1.165, 1.54) is 0 Å². The molecule has 0 saturated carbocycles. The maximum absolute atomic E-state index is 5.67. The van der Waals surface area contributed by atoms with Gasteiger partial charge in [-0.3, -0.25) is 4.68 Å². The highest BCUT2D eigenvalue weighted by molar-refractivity contribution is 9.10. The Morgan fingerprint density at radius 3 is 2.39 bits per heavy atom. The molecular weight excluding hydrogens is 298 g/mol. The van der Waals surface area contributed by atoms with E-state index in [0.29, 0.717) is 13.2 Å². The molecule has 1 N–H and O–H groups in total. The fraction of sp³-hybridized carbons (Fsp3) is 0.750. The molecule has 1 rings (SSSR count). The Labute approximate surface area is 117 Å².